The maximum absolute atomic E-state index is 12.7. The Morgan fingerprint density at radius 2 is 2.29 bits per heavy atom. The number of aliphatic hydroxyl groups excluding tert-OH is 1. The zero-order chi connectivity index (χ0) is 15.0. The van der Waals surface area contributed by atoms with Gasteiger partial charge in [0.1, 0.15) is 6.10 Å². The van der Waals surface area contributed by atoms with Gasteiger partial charge in [-0.25, -0.2) is 4.99 Å². The molecule has 5 nitrogen and oxygen atoms in total. The van der Waals surface area contributed by atoms with Crippen LogP contribution in [0.1, 0.15) is 24.8 Å². The minimum atomic E-state index is -1.05. The standard InChI is InChI=1S/C15H17ClN2O3/c16-10-5-2-1-4-9(10)15-7-3-6-12(13(15)20)21-14(18-15)11(19)8-17/h1-2,4-5,11-12,19H,3,6-8,17H2/t11?,12-,15-/m1/s1. The first-order chi connectivity index (χ1) is 10.1. The van der Waals surface area contributed by atoms with Crippen molar-refractivity contribution in [3.05, 3.63) is 34.9 Å². The minimum Gasteiger partial charge on any atom is -0.468 e. The van der Waals surface area contributed by atoms with Gasteiger partial charge in [-0.1, -0.05) is 29.8 Å². The van der Waals surface area contributed by atoms with Crippen molar-refractivity contribution in [1.29, 1.82) is 0 Å². The predicted octanol–water partition coefficient (Wildman–Crippen LogP) is 1.41. The molecule has 0 saturated heterocycles. The summed E-state index contributed by atoms with van der Waals surface area (Å²) in [4.78, 5) is 17.2. The van der Waals surface area contributed by atoms with Gasteiger partial charge in [-0.3, -0.25) is 4.79 Å². The Labute approximate surface area is 127 Å². The lowest BCUT2D eigenvalue weighted by Crippen LogP contribution is -2.53. The maximum Gasteiger partial charge on any atom is 0.216 e. The Bertz CT molecular complexity index is 604. The Hall–Kier alpha value is -1.43. The number of aliphatic imine (C=N–C) groups is 1. The topological polar surface area (TPSA) is 84.9 Å². The molecule has 1 unspecified atom stereocenters. The first-order valence-corrected chi connectivity index (χ1v) is 7.40. The van der Waals surface area contributed by atoms with Crippen molar-refractivity contribution >= 4 is 23.3 Å². The number of Topliss-reactive ketones (excluding diaryl/α,β-unsaturated/α-hetero) is 1. The number of fused-ring (bicyclic) bond motifs is 2. The summed E-state index contributed by atoms with van der Waals surface area (Å²) in [5.74, 6) is 0.0524. The third-order valence-corrected chi connectivity index (χ3v) is 4.43. The van der Waals surface area contributed by atoms with Crippen LogP contribution in [0.25, 0.3) is 0 Å². The molecule has 1 fully saturated rings. The largest absolute Gasteiger partial charge is 0.468 e. The molecular formula is C15H17ClN2O3. The molecule has 1 aliphatic heterocycles. The molecule has 2 bridgehead atoms. The number of nitrogens with zero attached hydrogens (tertiary/aromatic N) is 1. The van der Waals surface area contributed by atoms with E-state index in [2.05, 4.69) is 4.99 Å². The van der Waals surface area contributed by atoms with Crippen molar-refractivity contribution in [2.75, 3.05) is 6.54 Å². The van der Waals surface area contributed by atoms with Crippen LogP contribution in [0, 0.1) is 0 Å². The number of nitrogens with two attached hydrogens (primary N) is 1. The van der Waals surface area contributed by atoms with Crippen LogP contribution >= 0.6 is 11.6 Å². The van der Waals surface area contributed by atoms with E-state index in [0.29, 0.717) is 23.4 Å². The summed E-state index contributed by atoms with van der Waals surface area (Å²) in [6, 6.07) is 7.19. The van der Waals surface area contributed by atoms with Crippen LogP contribution in [0.3, 0.4) is 0 Å². The fourth-order valence-corrected chi connectivity index (χ4v) is 3.32. The highest BCUT2D eigenvalue weighted by Crippen LogP contribution is 2.44. The van der Waals surface area contributed by atoms with Gasteiger partial charge in [0.2, 0.25) is 11.7 Å². The predicted molar refractivity (Wildman–Crippen MR) is 79.4 cm³/mol. The Balaban J connectivity index is 2.16. The van der Waals surface area contributed by atoms with Crippen molar-refractivity contribution in [2.45, 2.75) is 37.0 Å². The number of benzene rings is 1. The quantitative estimate of drug-likeness (QED) is 0.884. The number of hydrogen-bond acceptors (Lipinski definition) is 5. The number of hydrogen-bond donors (Lipinski definition) is 2. The SMILES string of the molecule is NCC(O)C1=N[C@@]2(c3ccccc3Cl)CCC[C@@H](O1)C2=O. The lowest BCUT2D eigenvalue weighted by atomic mass is 9.74. The van der Waals surface area contributed by atoms with Gasteiger partial charge in [-0.15, -0.1) is 0 Å². The van der Waals surface area contributed by atoms with E-state index in [1.807, 2.05) is 18.2 Å². The maximum atomic E-state index is 12.7. The van der Waals surface area contributed by atoms with E-state index >= 15 is 0 Å². The van der Waals surface area contributed by atoms with Crippen LogP contribution in [0.4, 0.5) is 0 Å². The monoisotopic (exact) mass is 308 g/mol. The second kappa shape index (κ2) is 5.40. The average Bonchev–Trinajstić information content (AvgIpc) is 2.47. The number of aliphatic hydroxyl groups is 1. The van der Waals surface area contributed by atoms with Crippen LogP contribution < -0.4 is 5.73 Å². The number of carbonyl (C=O) groups excluding carboxylic acids is 1. The van der Waals surface area contributed by atoms with Gasteiger partial charge in [0, 0.05) is 17.1 Å². The van der Waals surface area contributed by atoms with Crippen molar-refractivity contribution < 1.29 is 14.6 Å². The molecule has 3 atom stereocenters. The van der Waals surface area contributed by atoms with Gasteiger partial charge in [0.05, 0.1) is 0 Å². The molecule has 0 spiro atoms. The van der Waals surface area contributed by atoms with E-state index in [1.165, 1.54) is 0 Å². The van der Waals surface area contributed by atoms with Gasteiger partial charge >= 0.3 is 0 Å². The molecule has 1 heterocycles. The van der Waals surface area contributed by atoms with E-state index in [9.17, 15) is 9.90 Å². The smallest absolute Gasteiger partial charge is 0.216 e. The molecule has 2 aliphatic rings. The normalized spacial score (nSPS) is 29.6. The molecule has 0 amide bonds. The Morgan fingerprint density at radius 1 is 1.52 bits per heavy atom. The zero-order valence-electron chi connectivity index (χ0n) is 11.5. The average molecular weight is 309 g/mol. The molecule has 3 rings (SSSR count). The van der Waals surface area contributed by atoms with E-state index in [4.69, 9.17) is 22.1 Å². The molecule has 21 heavy (non-hydrogen) atoms. The highest BCUT2D eigenvalue weighted by Gasteiger charge is 2.52. The summed E-state index contributed by atoms with van der Waals surface area (Å²) in [5.41, 5.74) is 5.10. The van der Waals surface area contributed by atoms with E-state index in [-0.39, 0.29) is 18.2 Å². The molecule has 3 N–H and O–H groups in total. The third-order valence-electron chi connectivity index (χ3n) is 4.10. The molecule has 0 aromatic heterocycles. The Kier molecular flexibility index (Phi) is 3.73. The Morgan fingerprint density at radius 3 is 3.00 bits per heavy atom. The molecule has 1 saturated carbocycles. The van der Waals surface area contributed by atoms with Crippen molar-refractivity contribution in [3.8, 4) is 0 Å². The van der Waals surface area contributed by atoms with Gasteiger partial charge in [0.25, 0.3) is 0 Å². The third kappa shape index (κ3) is 2.25. The van der Waals surface area contributed by atoms with E-state index in [1.54, 1.807) is 6.07 Å². The molecule has 1 aliphatic carbocycles. The summed E-state index contributed by atoms with van der Waals surface area (Å²) in [7, 11) is 0. The lowest BCUT2D eigenvalue weighted by Gasteiger charge is -2.42. The summed E-state index contributed by atoms with van der Waals surface area (Å²) in [5, 5.41) is 10.4. The second-order valence-electron chi connectivity index (χ2n) is 5.40. The van der Waals surface area contributed by atoms with Gasteiger partial charge in [-0.05, 0) is 25.3 Å². The molecule has 1 aromatic carbocycles. The van der Waals surface area contributed by atoms with E-state index < -0.39 is 17.7 Å². The first-order valence-electron chi connectivity index (χ1n) is 7.02. The zero-order valence-corrected chi connectivity index (χ0v) is 12.2. The fraction of sp³-hybridized carbons (Fsp3) is 0.467. The number of halogens is 1. The summed E-state index contributed by atoms with van der Waals surface area (Å²) < 4.78 is 5.54. The summed E-state index contributed by atoms with van der Waals surface area (Å²) in [6.07, 6.45) is 0.429. The van der Waals surface area contributed by atoms with Crippen LogP contribution in [-0.4, -0.2) is 35.5 Å². The van der Waals surface area contributed by atoms with Crippen molar-refractivity contribution in [3.63, 3.8) is 0 Å². The highest BCUT2D eigenvalue weighted by molar-refractivity contribution is 6.32. The van der Waals surface area contributed by atoms with Crippen LogP contribution in [0.5, 0.6) is 0 Å². The van der Waals surface area contributed by atoms with Crippen LogP contribution in [0.2, 0.25) is 5.02 Å². The van der Waals surface area contributed by atoms with E-state index in [0.717, 1.165) is 6.42 Å². The summed E-state index contributed by atoms with van der Waals surface area (Å²) >= 11 is 6.27. The summed E-state index contributed by atoms with van der Waals surface area (Å²) in [6.45, 7) is -0.00164. The number of carbonyl (C=O) groups is 1. The van der Waals surface area contributed by atoms with Crippen LogP contribution in [-0.2, 0) is 15.1 Å². The molecular weight excluding hydrogens is 292 g/mol. The van der Waals surface area contributed by atoms with Crippen molar-refractivity contribution in [2.24, 2.45) is 10.7 Å². The minimum absolute atomic E-state index is 0.00164. The first kappa shape index (κ1) is 14.5. The molecule has 0 radical (unpaired) electrons. The molecule has 6 heteroatoms. The van der Waals surface area contributed by atoms with Crippen molar-refractivity contribution in [1.82, 2.24) is 0 Å². The van der Waals surface area contributed by atoms with Gasteiger partial charge < -0.3 is 15.6 Å². The van der Waals surface area contributed by atoms with Gasteiger partial charge in [0.15, 0.2) is 11.6 Å². The number of rotatable bonds is 3. The fourth-order valence-electron chi connectivity index (χ4n) is 3.03. The lowest BCUT2D eigenvalue weighted by molar-refractivity contribution is -0.137. The number of ketones is 1. The van der Waals surface area contributed by atoms with Crippen LogP contribution in [0.15, 0.2) is 29.3 Å². The highest BCUT2D eigenvalue weighted by atomic mass is 35.5. The number of ether oxygens (including phenoxy) is 1. The van der Waals surface area contributed by atoms with Gasteiger partial charge in [-0.2, -0.15) is 0 Å². The second-order valence-corrected chi connectivity index (χ2v) is 5.81. The molecule has 112 valence electrons. The molecule has 1 aromatic rings.